The molecule has 0 aliphatic carbocycles. The summed E-state index contributed by atoms with van der Waals surface area (Å²) in [6.07, 6.45) is 7.21. The summed E-state index contributed by atoms with van der Waals surface area (Å²) in [6.45, 7) is 8.35. The highest BCUT2D eigenvalue weighted by atomic mass is 14.9. The third-order valence-electron chi connectivity index (χ3n) is 2.41. The first-order valence-corrected chi connectivity index (χ1v) is 5.09. The van der Waals surface area contributed by atoms with Crippen LogP contribution < -0.4 is 5.32 Å². The average molecular weight is 169 g/mol. The quantitative estimate of drug-likeness (QED) is 0.578. The summed E-state index contributed by atoms with van der Waals surface area (Å²) in [5, 5.41) is 3.30. The maximum atomic E-state index is 3.85. The number of hydrogen-bond donors (Lipinski definition) is 1. The molecule has 0 spiro atoms. The summed E-state index contributed by atoms with van der Waals surface area (Å²) in [4.78, 5) is 0. The van der Waals surface area contributed by atoms with Crippen molar-refractivity contribution < 1.29 is 0 Å². The van der Waals surface area contributed by atoms with Gasteiger partial charge in [0.25, 0.3) is 0 Å². The second kappa shape index (κ2) is 7.35. The Morgan fingerprint density at radius 1 is 1.25 bits per heavy atom. The molecule has 1 unspecified atom stereocenters. The molecule has 0 aliphatic heterocycles. The molecule has 0 radical (unpaired) electrons. The van der Waals surface area contributed by atoms with Crippen molar-refractivity contribution >= 4 is 0 Å². The summed E-state index contributed by atoms with van der Waals surface area (Å²) in [6, 6.07) is 0.505. The Kier molecular flexibility index (Phi) is 7.17. The lowest BCUT2D eigenvalue weighted by Gasteiger charge is -2.23. The second-order valence-electron chi connectivity index (χ2n) is 3.39. The fourth-order valence-corrected chi connectivity index (χ4v) is 1.79. The third kappa shape index (κ3) is 3.91. The normalized spacial score (nSPS) is 13.3. The molecule has 0 saturated carbocycles. The molecule has 0 bridgehead atoms. The SMILES string of the molecule is C=CC(NC)C(CCC)CCC. The van der Waals surface area contributed by atoms with Crippen LogP contribution in [-0.2, 0) is 0 Å². The molecule has 0 heterocycles. The lowest BCUT2D eigenvalue weighted by molar-refractivity contribution is 0.368. The fraction of sp³-hybridized carbons (Fsp3) is 0.818. The summed E-state index contributed by atoms with van der Waals surface area (Å²) in [5.74, 6) is 0.780. The Labute approximate surface area is 77.2 Å². The fourth-order valence-electron chi connectivity index (χ4n) is 1.79. The van der Waals surface area contributed by atoms with E-state index in [1.54, 1.807) is 0 Å². The van der Waals surface area contributed by atoms with Crippen molar-refractivity contribution in [2.45, 2.75) is 45.6 Å². The van der Waals surface area contributed by atoms with Gasteiger partial charge in [-0.05, 0) is 25.8 Å². The van der Waals surface area contributed by atoms with Gasteiger partial charge < -0.3 is 5.32 Å². The molecule has 1 nitrogen and oxygen atoms in total. The standard InChI is InChI=1S/C11H23N/c1-5-8-10(9-6-2)11(7-3)12-4/h7,10-12H,3,5-6,8-9H2,1-2,4H3. The van der Waals surface area contributed by atoms with E-state index in [-0.39, 0.29) is 0 Å². The maximum absolute atomic E-state index is 3.85. The minimum absolute atomic E-state index is 0.505. The monoisotopic (exact) mass is 169 g/mol. The Hall–Kier alpha value is -0.300. The molecule has 12 heavy (non-hydrogen) atoms. The van der Waals surface area contributed by atoms with Crippen molar-refractivity contribution in [3.8, 4) is 0 Å². The zero-order valence-electron chi connectivity index (χ0n) is 8.77. The molecule has 0 fully saturated rings. The van der Waals surface area contributed by atoms with E-state index in [9.17, 15) is 0 Å². The van der Waals surface area contributed by atoms with Crippen LogP contribution in [0.4, 0.5) is 0 Å². The van der Waals surface area contributed by atoms with Crippen LogP contribution >= 0.6 is 0 Å². The first kappa shape index (κ1) is 11.7. The van der Waals surface area contributed by atoms with Crippen LogP contribution in [0.1, 0.15) is 39.5 Å². The van der Waals surface area contributed by atoms with Crippen molar-refractivity contribution in [1.82, 2.24) is 5.32 Å². The molecule has 0 saturated heterocycles. The van der Waals surface area contributed by atoms with Gasteiger partial charge >= 0.3 is 0 Å². The van der Waals surface area contributed by atoms with Gasteiger partial charge in [-0.25, -0.2) is 0 Å². The van der Waals surface area contributed by atoms with Crippen LogP contribution in [0.3, 0.4) is 0 Å². The van der Waals surface area contributed by atoms with Crippen molar-refractivity contribution in [2.24, 2.45) is 5.92 Å². The van der Waals surface area contributed by atoms with E-state index in [4.69, 9.17) is 0 Å². The topological polar surface area (TPSA) is 12.0 Å². The Morgan fingerprint density at radius 3 is 2.00 bits per heavy atom. The highest BCUT2D eigenvalue weighted by Crippen LogP contribution is 2.18. The predicted octanol–water partition coefficient (Wildman–Crippen LogP) is 2.98. The van der Waals surface area contributed by atoms with Gasteiger partial charge in [-0.15, -0.1) is 6.58 Å². The van der Waals surface area contributed by atoms with E-state index in [1.165, 1.54) is 25.7 Å². The molecule has 0 aromatic carbocycles. The van der Waals surface area contributed by atoms with E-state index in [1.807, 2.05) is 13.1 Å². The number of rotatable bonds is 7. The van der Waals surface area contributed by atoms with Crippen LogP contribution in [0.25, 0.3) is 0 Å². The zero-order valence-corrected chi connectivity index (χ0v) is 8.77. The van der Waals surface area contributed by atoms with Crippen LogP contribution in [-0.4, -0.2) is 13.1 Å². The van der Waals surface area contributed by atoms with Gasteiger partial charge in [0.05, 0.1) is 0 Å². The van der Waals surface area contributed by atoms with Gasteiger partial charge in [-0.2, -0.15) is 0 Å². The van der Waals surface area contributed by atoms with Crippen LogP contribution in [0.5, 0.6) is 0 Å². The highest BCUT2D eigenvalue weighted by Gasteiger charge is 2.14. The van der Waals surface area contributed by atoms with Gasteiger partial charge in [0.2, 0.25) is 0 Å². The number of hydrogen-bond acceptors (Lipinski definition) is 1. The molecule has 0 aromatic heterocycles. The maximum Gasteiger partial charge on any atom is 0.0272 e. The molecule has 1 atom stereocenters. The summed E-state index contributed by atoms with van der Waals surface area (Å²) in [5.41, 5.74) is 0. The van der Waals surface area contributed by atoms with Crippen molar-refractivity contribution in [1.29, 1.82) is 0 Å². The van der Waals surface area contributed by atoms with Crippen molar-refractivity contribution in [3.05, 3.63) is 12.7 Å². The number of likely N-dealkylation sites (N-methyl/N-ethyl adjacent to an activating group) is 1. The minimum Gasteiger partial charge on any atom is -0.313 e. The smallest absolute Gasteiger partial charge is 0.0272 e. The molecule has 1 heteroatoms. The first-order chi connectivity index (χ1) is 5.79. The largest absolute Gasteiger partial charge is 0.313 e. The van der Waals surface area contributed by atoms with Gasteiger partial charge in [0.1, 0.15) is 0 Å². The van der Waals surface area contributed by atoms with E-state index in [0.717, 1.165) is 5.92 Å². The molecular weight excluding hydrogens is 146 g/mol. The van der Waals surface area contributed by atoms with Gasteiger partial charge in [0, 0.05) is 6.04 Å². The molecule has 72 valence electrons. The van der Waals surface area contributed by atoms with Crippen LogP contribution in [0.2, 0.25) is 0 Å². The lowest BCUT2D eigenvalue weighted by Crippen LogP contribution is -2.31. The lowest BCUT2D eigenvalue weighted by atomic mass is 9.90. The highest BCUT2D eigenvalue weighted by molar-refractivity contribution is 4.89. The van der Waals surface area contributed by atoms with E-state index in [2.05, 4.69) is 25.7 Å². The van der Waals surface area contributed by atoms with E-state index < -0.39 is 0 Å². The predicted molar refractivity (Wildman–Crippen MR) is 56.4 cm³/mol. The zero-order chi connectivity index (χ0) is 9.40. The van der Waals surface area contributed by atoms with Crippen LogP contribution in [0.15, 0.2) is 12.7 Å². The van der Waals surface area contributed by atoms with E-state index in [0.29, 0.717) is 6.04 Å². The van der Waals surface area contributed by atoms with Gasteiger partial charge in [-0.3, -0.25) is 0 Å². The van der Waals surface area contributed by atoms with E-state index >= 15 is 0 Å². The minimum atomic E-state index is 0.505. The summed E-state index contributed by atoms with van der Waals surface area (Å²) in [7, 11) is 2.02. The summed E-state index contributed by atoms with van der Waals surface area (Å²) < 4.78 is 0. The average Bonchev–Trinajstić information content (AvgIpc) is 2.07. The van der Waals surface area contributed by atoms with Crippen LogP contribution in [0, 0.1) is 5.92 Å². The molecule has 0 aromatic rings. The van der Waals surface area contributed by atoms with Gasteiger partial charge in [0.15, 0.2) is 0 Å². The van der Waals surface area contributed by atoms with Crippen molar-refractivity contribution in [3.63, 3.8) is 0 Å². The Balaban J connectivity index is 3.94. The first-order valence-electron chi connectivity index (χ1n) is 5.09. The third-order valence-corrected chi connectivity index (χ3v) is 2.41. The Bertz CT molecular complexity index is 104. The molecule has 1 N–H and O–H groups in total. The Morgan fingerprint density at radius 2 is 1.75 bits per heavy atom. The molecule has 0 aliphatic rings. The van der Waals surface area contributed by atoms with Crippen molar-refractivity contribution in [2.75, 3.05) is 7.05 Å². The molecule has 0 amide bonds. The summed E-state index contributed by atoms with van der Waals surface area (Å²) >= 11 is 0. The number of nitrogens with one attached hydrogen (secondary N) is 1. The van der Waals surface area contributed by atoms with Gasteiger partial charge in [-0.1, -0.05) is 32.8 Å². The molecular formula is C11H23N. The second-order valence-corrected chi connectivity index (χ2v) is 3.39. The molecule has 0 rings (SSSR count).